The summed E-state index contributed by atoms with van der Waals surface area (Å²) in [5.74, 6) is 0.355. The van der Waals surface area contributed by atoms with Crippen molar-refractivity contribution >= 4 is 5.97 Å². The molecular formula is C14H24N2O3. The van der Waals surface area contributed by atoms with Crippen LogP contribution in [0.4, 0.5) is 0 Å². The average molecular weight is 268 g/mol. The molecular weight excluding hydrogens is 244 g/mol. The first-order valence-electron chi connectivity index (χ1n) is 6.48. The van der Waals surface area contributed by atoms with Gasteiger partial charge < -0.3 is 19.4 Å². The Bertz CT molecular complexity index is 399. The number of methoxy groups -OCH3 is 1. The Kier molecular flexibility index (Phi) is 6.05. The van der Waals surface area contributed by atoms with Crippen LogP contribution >= 0.6 is 0 Å². The van der Waals surface area contributed by atoms with Gasteiger partial charge >= 0.3 is 5.97 Å². The molecule has 0 amide bonds. The molecule has 1 aromatic heterocycles. The molecule has 19 heavy (non-hydrogen) atoms. The van der Waals surface area contributed by atoms with Crippen molar-refractivity contribution in [2.45, 2.75) is 26.4 Å². The van der Waals surface area contributed by atoms with Crippen molar-refractivity contribution in [2.24, 2.45) is 5.92 Å². The molecule has 0 aliphatic carbocycles. The first-order chi connectivity index (χ1) is 8.95. The summed E-state index contributed by atoms with van der Waals surface area (Å²) in [6, 6.07) is 2.15. The van der Waals surface area contributed by atoms with E-state index in [1.807, 2.05) is 0 Å². The van der Waals surface area contributed by atoms with E-state index in [1.165, 1.54) is 13.4 Å². The Labute approximate surface area is 114 Å². The molecule has 0 spiro atoms. The largest absolute Gasteiger partial charge is 0.463 e. The molecule has 1 atom stereocenters. The van der Waals surface area contributed by atoms with Crippen LogP contribution in [0, 0.1) is 5.92 Å². The first kappa shape index (κ1) is 15.7. The fourth-order valence-electron chi connectivity index (χ4n) is 1.89. The summed E-state index contributed by atoms with van der Waals surface area (Å²) in [5, 5.41) is 3.46. The highest BCUT2D eigenvalue weighted by Gasteiger charge is 2.18. The lowest BCUT2D eigenvalue weighted by Gasteiger charge is -2.25. The number of nitrogens with zero attached hydrogens (tertiary/aromatic N) is 1. The van der Waals surface area contributed by atoms with Crippen LogP contribution in [0.2, 0.25) is 0 Å². The Morgan fingerprint density at radius 2 is 2.16 bits per heavy atom. The quantitative estimate of drug-likeness (QED) is 0.763. The second-order valence-corrected chi connectivity index (χ2v) is 5.26. The van der Waals surface area contributed by atoms with E-state index in [0.717, 1.165) is 12.1 Å². The highest BCUT2D eigenvalue weighted by molar-refractivity contribution is 5.87. The van der Waals surface area contributed by atoms with E-state index in [1.54, 1.807) is 6.07 Å². The maximum atomic E-state index is 11.5. The molecule has 0 aliphatic heterocycles. The summed E-state index contributed by atoms with van der Waals surface area (Å²) >= 11 is 0. The number of nitrogens with one attached hydrogen (secondary N) is 1. The molecule has 1 rings (SSSR count). The minimum absolute atomic E-state index is 0.280. The van der Waals surface area contributed by atoms with Gasteiger partial charge in [-0.25, -0.2) is 4.79 Å². The highest BCUT2D eigenvalue weighted by atomic mass is 16.5. The molecule has 5 heteroatoms. The van der Waals surface area contributed by atoms with Gasteiger partial charge in [0.15, 0.2) is 0 Å². The predicted octanol–water partition coefficient (Wildman–Crippen LogP) is 1.74. The van der Waals surface area contributed by atoms with Crippen LogP contribution in [0.5, 0.6) is 0 Å². The smallest absolute Gasteiger partial charge is 0.374 e. The SMILES string of the molecule is COC(=O)c1occc1CNC(CN(C)C)C(C)C. The van der Waals surface area contributed by atoms with Gasteiger partial charge in [-0.2, -0.15) is 0 Å². The Balaban J connectivity index is 2.64. The molecule has 0 aromatic carbocycles. The monoisotopic (exact) mass is 268 g/mol. The van der Waals surface area contributed by atoms with Gasteiger partial charge in [-0.1, -0.05) is 13.8 Å². The molecule has 1 aromatic rings. The van der Waals surface area contributed by atoms with Gasteiger partial charge in [0.1, 0.15) is 0 Å². The number of ether oxygens (including phenoxy) is 1. The third kappa shape index (κ3) is 4.69. The second-order valence-electron chi connectivity index (χ2n) is 5.26. The zero-order valence-corrected chi connectivity index (χ0v) is 12.4. The summed E-state index contributed by atoms with van der Waals surface area (Å²) in [7, 11) is 5.45. The summed E-state index contributed by atoms with van der Waals surface area (Å²) in [6.07, 6.45) is 1.51. The van der Waals surface area contributed by atoms with Gasteiger partial charge in [0, 0.05) is 24.7 Å². The molecule has 0 radical (unpaired) electrons. The van der Waals surface area contributed by atoms with Gasteiger partial charge in [-0.05, 0) is 26.1 Å². The third-order valence-corrected chi connectivity index (χ3v) is 3.04. The molecule has 5 nitrogen and oxygen atoms in total. The zero-order valence-electron chi connectivity index (χ0n) is 12.4. The van der Waals surface area contributed by atoms with E-state index in [-0.39, 0.29) is 5.76 Å². The van der Waals surface area contributed by atoms with Crippen molar-refractivity contribution in [3.05, 3.63) is 23.7 Å². The maximum Gasteiger partial charge on any atom is 0.374 e. The number of hydrogen-bond acceptors (Lipinski definition) is 5. The van der Waals surface area contributed by atoms with Crippen molar-refractivity contribution in [2.75, 3.05) is 27.7 Å². The van der Waals surface area contributed by atoms with Gasteiger partial charge in [0.2, 0.25) is 5.76 Å². The van der Waals surface area contributed by atoms with E-state index in [9.17, 15) is 4.79 Å². The normalized spacial score (nSPS) is 13.0. The molecule has 1 N–H and O–H groups in total. The van der Waals surface area contributed by atoms with Crippen LogP contribution in [0.3, 0.4) is 0 Å². The van der Waals surface area contributed by atoms with Crippen LogP contribution < -0.4 is 5.32 Å². The molecule has 108 valence electrons. The second kappa shape index (κ2) is 7.31. The predicted molar refractivity (Wildman–Crippen MR) is 74.1 cm³/mol. The van der Waals surface area contributed by atoms with Crippen molar-refractivity contribution in [3.63, 3.8) is 0 Å². The van der Waals surface area contributed by atoms with Crippen molar-refractivity contribution in [3.8, 4) is 0 Å². The topological polar surface area (TPSA) is 54.7 Å². The van der Waals surface area contributed by atoms with Crippen molar-refractivity contribution in [1.82, 2.24) is 10.2 Å². The molecule has 0 saturated heterocycles. The van der Waals surface area contributed by atoms with Crippen molar-refractivity contribution in [1.29, 1.82) is 0 Å². The molecule has 1 heterocycles. The number of esters is 1. The number of likely N-dealkylation sites (N-methyl/N-ethyl adjacent to an activating group) is 1. The van der Waals surface area contributed by atoms with E-state index in [4.69, 9.17) is 4.42 Å². The number of furan rings is 1. The Hall–Kier alpha value is -1.33. The lowest BCUT2D eigenvalue weighted by molar-refractivity contribution is 0.0563. The van der Waals surface area contributed by atoms with Crippen LogP contribution in [-0.4, -0.2) is 44.7 Å². The van der Waals surface area contributed by atoms with Crippen molar-refractivity contribution < 1.29 is 13.9 Å². The third-order valence-electron chi connectivity index (χ3n) is 3.04. The lowest BCUT2D eigenvalue weighted by atomic mass is 10.0. The van der Waals surface area contributed by atoms with Gasteiger partial charge in [-0.15, -0.1) is 0 Å². The fourth-order valence-corrected chi connectivity index (χ4v) is 1.89. The minimum atomic E-state index is -0.435. The molecule has 0 bridgehead atoms. The van der Waals surface area contributed by atoms with Crippen LogP contribution in [0.25, 0.3) is 0 Å². The van der Waals surface area contributed by atoms with E-state index < -0.39 is 5.97 Å². The number of rotatable bonds is 7. The van der Waals surface area contributed by atoms with Crippen LogP contribution in [0.1, 0.15) is 30.0 Å². The van der Waals surface area contributed by atoms with E-state index >= 15 is 0 Å². The number of carbonyl (C=O) groups is 1. The zero-order chi connectivity index (χ0) is 14.4. The minimum Gasteiger partial charge on any atom is -0.463 e. The number of hydrogen-bond donors (Lipinski definition) is 1. The average Bonchev–Trinajstić information content (AvgIpc) is 2.81. The fraction of sp³-hybridized carbons (Fsp3) is 0.643. The highest BCUT2D eigenvalue weighted by Crippen LogP contribution is 2.13. The van der Waals surface area contributed by atoms with Crippen LogP contribution in [-0.2, 0) is 11.3 Å². The molecule has 1 unspecified atom stereocenters. The standard InChI is InChI=1S/C14H24N2O3/c1-10(2)12(9-16(3)4)15-8-11-6-7-19-13(11)14(17)18-5/h6-7,10,12,15H,8-9H2,1-5H3. The van der Waals surface area contributed by atoms with E-state index in [0.29, 0.717) is 18.5 Å². The molecule has 0 fully saturated rings. The maximum absolute atomic E-state index is 11.5. The van der Waals surface area contributed by atoms with Gasteiger partial charge in [0.05, 0.1) is 13.4 Å². The summed E-state index contributed by atoms with van der Waals surface area (Å²) in [6.45, 7) is 5.90. The lowest BCUT2D eigenvalue weighted by Crippen LogP contribution is -2.41. The van der Waals surface area contributed by atoms with Crippen LogP contribution in [0.15, 0.2) is 16.7 Å². The summed E-state index contributed by atoms with van der Waals surface area (Å²) in [5.41, 5.74) is 0.830. The summed E-state index contributed by atoms with van der Waals surface area (Å²) in [4.78, 5) is 13.6. The number of carbonyl (C=O) groups excluding carboxylic acids is 1. The Morgan fingerprint density at radius 3 is 2.68 bits per heavy atom. The first-order valence-corrected chi connectivity index (χ1v) is 6.48. The molecule has 0 aliphatic rings. The molecule has 0 saturated carbocycles. The van der Waals surface area contributed by atoms with Gasteiger partial charge in [0.25, 0.3) is 0 Å². The summed E-state index contributed by atoms with van der Waals surface area (Å²) < 4.78 is 9.85. The van der Waals surface area contributed by atoms with Gasteiger partial charge in [-0.3, -0.25) is 0 Å². The Morgan fingerprint density at radius 1 is 1.47 bits per heavy atom. The van der Waals surface area contributed by atoms with E-state index in [2.05, 4.69) is 42.9 Å².